The van der Waals surface area contributed by atoms with E-state index in [1.165, 1.54) is 0 Å². The van der Waals surface area contributed by atoms with E-state index in [0.717, 1.165) is 0 Å². The summed E-state index contributed by atoms with van der Waals surface area (Å²) in [5.74, 6) is 8.96. The predicted molar refractivity (Wildman–Crippen MR) is 39.2 cm³/mol. The zero-order valence-electron chi connectivity index (χ0n) is 5.65. The summed E-state index contributed by atoms with van der Waals surface area (Å²) < 4.78 is 0. The molecule has 0 spiro atoms. The second kappa shape index (κ2) is 5.43. The van der Waals surface area contributed by atoms with Crippen molar-refractivity contribution in [2.45, 2.75) is 19.4 Å². The van der Waals surface area contributed by atoms with E-state index >= 15 is 0 Å². The van der Waals surface area contributed by atoms with E-state index in [1.54, 1.807) is 6.92 Å². The number of hydrogen-bond donors (Lipinski definition) is 3. The highest BCUT2D eigenvalue weighted by Gasteiger charge is 2.17. The first-order valence-electron chi connectivity index (χ1n) is 2.61. The Kier molecular flexibility index (Phi) is 6.69. The van der Waals surface area contributed by atoms with Crippen LogP contribution in [0.15, 0.2) is 0 Å². The first-order chi connectivity index (χ1) is 4.09. The van der Waals surface area contributed by atoms with Gasteiger partial charge in [0.1, 0.15) is 6.04 Å². The van der Waals surface area contributed by atoms with Gasteiger partial charge in [-0.1, -0.05) is 6.92 Å². The smallest absolute Gasteiger partial charge is 0.323 e. The van der Waals surface area contributed by atoms with Gasteiger partial charge < -0.3 is 5.11 Å². The largest absolute Gasteiger partial charge is 0.480 e. The van der Waals surface area contributed by atoms with Gasteiger partial charge in [-0.2, -0.15) is 5.12 Å². The van der Waals surface area contributed by atoms with Gasteiger partial charge in [-0.15, -0.1) is 12.4 Å². The van der Waals surface area contributed by atoms with Crippen LogP contribution in [0.2, 0.25) is 0 Å². The van der Waals surface area contributed by atoms with Gasteiger partial charge in [0.15, 0.2) is 0 Å². The third-order valence-electron chi connectivity index (χ3n) is 1.03. The molecule has 0 aliphatic rings. The van der Waals surface area contributed by atoms with Crippen molar-refractivity contribution in [3.05, 3.63) is 0 Å². The molecule has 0 saturated carbocycles. The maximum absolute atomic E-state index is 10.2. The summed E-state index contributed by atoms with van der Waals surface area (Å²) in [7, 11) is 0. The van der Waals surface area contributed by atoms with E-state index in [1.807, 2.05) is 0 Å². The average Bonchev–Trinajstić information content (AvgIpc) is 1.64. The first-order valence-corrected chi connectivity index (χ1v) is 2.61. The molecule has 0 aromatic rings. The monoisotopic (exact) mass is 169 g/mol. The van der Waals surface area contributed by atoms with E-state index < -0.39 is 12.0 Å². The molecule has 1 atom stereocenters. The molecule has 0 radical (unpaired) electrons. The van der Waals surface area contributed by atoms with Crippen LogP contribution in [0, 0.1) is 0 Å². The molecule has 0 heterocycles. The highest BCUT2D eigenvalue weighted by molar-refractivity contribution is 5.85. The zero-order valence-corrected chi connectivity index (χ0v) is 6.47. The zero-order chi connectivity index (χ0) is 7.44. The minimum atomic E-state index is -0.998. The second-order valence-corrected chi connectivity index (χ2v) is 1.71. The number of hydrazine groups is 2. The summed E-state index contributed by atoms with van der Waals surface area (Å²) >= 11 is 0. The van der Waals surface area contributed by atoms with Gasteiger partial charge in [-0.05, 0) is 6.42 Å². The standard InChI is InChI=1S/C4H11N3O2.ClH/c1-2-3(4(8)9)7(5)6;/h3H,2,5-6H2,1H3,(H,8,9);1H. The number of rotatable bonds is 3. The quantitative estimate of drug-likeness (QED) is 0.385. The van der Waals surface area contributed by atoms with Crippen LogP contribution >= 0.6 is 12.4 Å². The topological polar surface area (TPSA) is 92.6 Å². The van der Waals surface area contributed by atoms with Crippen molar-refractivity contribution < 1.29 is 9.90 Å². The van der Waals surface area contributed by atoms with Crippen molar-refractivity contribution in [2.24, 2.45) is 11.7 Å². The summed E-state index contributed by atoms with van der Waals surface area (Å²) in [6.45, 7) is 1.70. The molecule has 0 fully saturated rings. The molecule has 0 aliphatic heterocycles. The summed E-state index contributed by atoms with van der Waals surface area (Å²) in [5.41, 5.74) is 0. The summed E-state index contributed by atoms with van der Waals surface area (Å²) in [6.07, 6.45) is 0.405. The van der Waals surface area contributed by atoms with Crippen LogP contribution in [0.4, 0.5) is 0 Å². The summed E-state index contributed by atoms with van der Waals surface area (Å²) in [6, 6.07) is -0.773. The highest BCUT2D eigenvalue weighted by Crippen LogP contribution is 1.93. The van der Waals surface area contributed by atoms with Crippen molar-refractivity contribution in [2.75, 3.05) is 0 Å². The number of carbonyl (C=O) groups is 1. The molecule has 0 aliphatic carbocycles. The maximum atomic E-state index is 10.2. The molecule has 0 rings (SSSR count). The van der Waals surface area contributed by atoms with Crippen molar-refractivity contribution in [3.8, 4) is 0 Å². The lowest BCUT2D eigenvalue weighted by Gasteiger charge is -2.16. The lowest BCUT2D eigenvalue weighted by Crippen LogP contribution is -2.50. The van der Waals surface area contributed by atoms with Gasteiger partial charge in [0, 0.05) is 0 Å². The second-order valence-electron chi connectivity index (χ2n) is 1.71. The van der Waals surface area contributed by atoms with Crippen LogP contribution in [0.1, 0.15) is 13.3 Å². The third kappa shape index (κ3) is 3.62. The van der Waals surface area contributed by atoms with Crippen molar-refractivity contribution in [1.82, 2.24) is 5.12 Å². The molecule has 0 bridgehead atoms. The molecule has 0 aromatic carbocycles. The van der Waals surface area contributed by atoms with Crippen molar-refractivity contribution >= 4 is 18.4 Å². The molecule has 6 heteroatoms. The molecule has 62 valence electrons. The van der Waals surface area contributed by atoms with Gasteiger partial charge >= 0.3 is 5.97 Å². The maximum Gasteiger partial charge on any atom is 0.323 e. The van der Waals surface area contributed by atoms with Crippen LogP contribution in [0.5, 0.6) is 0 Å². The fourth-order valence-electron chi connectivity index (χ4n) is 0.513. The Morgan fingerprint density at radius 2 is 2.10 bits per heavy atom. The summed E-state index contributed by atoms with van der Waals surface area (Å²) in [5, 5.41) is 9.04. The van der Waals surface area contributed by atoms with E-state index in [0.29, 0.717) is 11.5 Å². The van der Waals surface area contributed by atoms with Gasteiger partial charge in [0.25, 0.3) is 0 Å². The van der Waals surface area contributed by atoms with E-state index in [-0.39, 0.29) is 12.4 Å². The predicted octanol–water partition coefficient (Wildman–Crippen LogP) is -0.679. The molecule has 0 saturated heterocycles. The molecular formula is C4H12ClN3O2. The lowest BCUT2D eigenvalue weighted by molar-refractivity contribution is -0.143. The first kappa shape index (κ1) is 12.3. The summed E-state index contributed by atoms with van der Waals surface area (Å²) in [4.78, 5) is 10.2. The Bertz CT molecular complexity index is 109. The molecule has 5 N–H and O–H groups in total. The fraction of sp³-hybridized carbons (Fsp3) is 0.750. The minimum absolute atomic E-state index is 0. The Morgan fingerprint density at radius 1 is 1.70 bits per heavy atom. The number of carboxylic acid groups (broad SMARTS) is 1. The average molecular weight is 170 g/mol. The molecule has 1 unspecified atom stereocenters. The molecule has 0 aromatic heterocycles. The van der Waals surface area contributed by atoms with Gasteiger partial charge in [-0.25, -0.2) is 0 Å². The Balaban J connectivity index is 0. The van der Waals surface area contributed by atoms with Gasteiger partial charge in [0.05, 0.1) is 0 Å². The number of aliphatic carboxylic acids is 1. The van der Waals surface area contributed by atoms with Crippen LogP contribution in [0.3, 0.4) is 0 Å². The Hall–Kier alpha value is -0.360. The van der Waals surface area contributed by atoms with Crippen molar-refractivity contribution in [1.29, 1.82) is 0 Å². The van der Waals surface area contributed by atoms with Crippen LogP contribution < -0.4 is 11.7 Å². The number of nitrogens with zero attached hydrogens (tertiary/aromatic N) is 1. The SMILES string of the molecule is CCC(C(=O)O)N(N)N.Cl. The van der Waals surface area contributed by atoms with Crippen LogP contribution in [-0.4, -0.2) is 22.2 Å². The van der Waals surface area contributed by atoms with Crippen molar-refractivity contribution in [3.63, 3.8) is 0 Å². The lowest BCUT2D eigenvalue weighted by atomic mass is 10.2. The third-order valence-corrected chi connectivity index (χ3v) is 1.03. The number of carboxylic acids is 1. The van der Waals surface area contributed by atoms with Crippen LogP contribution in [-0.2, 0) is 4.79 Å². The number of hydrogen-bond acceptors (Lipinski definition) is 4. The van der Waals surface area contributed by atoms with Crippen LogP contribution in [0.25, 0.3) is 0 Å². The van der Waals surface area contributed by atoms with Gasteiger partial charge in [-0.3, -0.25) is 16.5 Å². The molecule has 10 heavy (non-hydrogen) atoms. The molecule has 0 amide bonds. The highest BCUT2D eigenvalue weighted by atomic mass is 35.5. The minimum Gasteiger partial charge on any atom is -0.480 e. The number of halogens is 1. The van der Waals surface area contributed by atoms with E-state index in [9.17, 15) is 4.79 Å². The Morgan fingerprint density at radius 3 is 2.10 bits per heavy atom. The molecule has 5 nitrogen and oxygen atoms in total. The normalized spacial score (nSPS) is 12.4. The number of nitrogens with two attached hydrogens (primary N) is 2. The van der Waals surface area contributed by atoms with E-state index in [4.69, 9.17) is 16.8 Å². The van der Waals surface area contributed by atoms with Gasteiger partial charge in [0.2, 0.25) is 0 Å². The van der Waals surface area contributed by atoms with E-state index in [2.05, 4.69) is 0 Å². The fourth-order valence-corrected chi connectivity index (χ4v) is 0.513. The Labute approximate surface area is 65.3 Å². The molecular weight excluding hydrogens is 158 g/mol.